The number of unbranched alkanes of at least 4 members (excludes halogenated alkanes) is 3. The normalized spacial score (nSPS) is 11.8. The first-order valence-electron chi connectivity index (χ1n) is 9.75. The van der Waals surface area contributed by atoms with Gasteiger partial charge in [-0.1, -0.05) is 25.3 Å². The number of rotatable bonds is 12. The second kappa shape index (κ2) is 11.2. The van der Waals surface area contributed by atoms with Crippen molar-refractivity contribution < 1.29 is 14.6 Å². The molecule has 0 saturated heterocycles. The van der Waals surface area contributed by atoms with Crippen LogP contribution in [0.5, 0.6) is 6.01 Å². The lowest BCUT2D eigenvalue weighted by atomic mass is 9.92. The van der Waals surface area contributed by atoms with E-state index < -0.39 is 5.97 Å². The summed E-state index contributed by atoms with van der Waals surface area (Å²) in [6, 6.07) is 4.48. The molecule has 0 saturated carbocycles. The van der Waals surface area contributed by atoms with Crippen molar-refractivity contribution in [2.45, 2.75) is 57.8 Å². The van der Waals surface area contributed by atoms with Gasteiger partial charge in [0, 0.05) is 25.1 Å². The van der Waals surface area contributed by atoms with Gasteiger partial charge in [-0.05, 0) is 49.3 Å². The van der Waals surface area contributed by atoms with Crippen LogP contribution in [-0.4, -0.2) is 40.2 Å². The molecule has 1 unspecified atom stereocenters. The Kier molecular flexibility index (Phi) is 8.65. The topological polar surface area (TPSA) is 97.2 Å². The molecule has 1 atom stereocenters. The zero-order valence-corrected chi connectivity index (χ0v) is 16.9. The number of carboxylic acids is 1. The van der Waals surface area contributed by atoms with Crippen LogP contribution in [0.1, 0.15) is 61.3 Å². The number of aryl methyl sites for hydroxylation is 2. The molecule has 0 spiro atoms. The maximum Gasteiger partial charge on any atom is 0.316 e. The predicted molar refractivity (Wildman–Crippen MR) is 109 cm³/mol. The van der Waals surface area contributed by atoms with Crippen molar-refractivity contribution in [2.75, 3.05) is 19.5 Å². The molecule has 0 bridgehead atoms. The molecule has 2 rings (SSSR count). The van der Waals surface area contributed by atoms with Crippen molar-refractivity contribution >= 4 is 11.8 Å². The Bertz CT molecular complexity index is 750. The number of carboxylic acid groups (broad SMARTS) is 1. The zero-order chi connectivity index (χ0) is 20.4. The smallest absolute Gasteiger partial charge is 0.316 e. The lowest BCUT2D eigenvalue weighted by molar-refractivity contribution is -0.137. The fraction of sp³-hybridized carbons (Fsp3) is 0.524. The quantitative estimate of drug-likeness (QED) is 0.532. The summed E-state index contributed by atoms with van der Waals surface area (Å²) in [6.45, 7) is 2.05. The number of nitrogens with one attached hydrogen (secondary N) is 1. The average Bonchev–Trinajstić information content (AvgIpc) is 2.70. The van der Waals surface area contributed by atoms with E-state index in [1.165, 1.54) is 7.11 Å². The number of hydrogen-bond acceptors (Lipinski definition) is 6. The minimum absolute atomic E-state index is 0.0691. The second-order valence-corrected chi connectivity index (χ2v) is 6.97. The molecule has 0 amide bonds. The highest BCUT2D eigenvalue weighted by atomic mass is 16.5. The average molecular weight is 386 g/mol. The monoisotopic (exact) mass is 386 g/mol. The first-order valence-corrected chi connectivity index (χ1v) is 9.75. The van der Waals surface area contributed by atoms with Gasteiger partial charge >= 0.3 is 12.0 Å². The van der Waals surface area contributed by atoms with Gasteiger partial charge in [-0.3, -0.25) is 4.79 Å². The van der Waals surface area contributed by atoms with Crippen molar-refractivity contribution in [3.8, 4) is 6.01 Å². The number of aliphatic carboxylic acids is 1. The van der Waals surface area contributed by atoms with Crippen LogP contribution in [0.25, 0.3) is 0 Å². The third kappa shape index (κ3) is 6.79. The summed E-state index contributed by atoms with van der Waals surface area (Å²) in [5, 5.41) is 12.3. The standard InChI is InChI=1S/C21H30N4O3/c1-15-10-11-18(25-20(15)22-2)9-7-5-4-6-8-16(12-19(26)27)17-13-23-21(28-3)24-14-17/h10-11,13-14,16H,4-9,12H2,1-3H3,(H,22,25)(H,26,27). The van der Waals surface area contributed by atoms with Gasteiger partial charge in [-0.15, -0.1) is 0 Å². The first kappa shape index (κ1) is 21.6. The highest BCUT2D eigenvalue weighted by Gasteiger charge is 2.16. The van der Waals surface area contributed by atoms with Crippen LogP contribution in [0.3, 0.4) is 0 Å². The summed E-state index contributed by atoms with van der Waals surface area (Å²) in [5.74, 6) is 0.0719. The highest BCUT2D eigenvalue weighted by Crippen LogP contribution is 2.26. The summed E-state index contributed by atoms with van der Waals surface area (Å²) in [4.78, 5) is 24.0. The minimum Gasteiger partial charge on any atom is -0.481 e. The SMILES string of the molecule is CNc1nc(CCCCCCC(CC(=O)O)c2cnc(OC)nc2)ccc1C. The van der Waals surface area contributed by atoms with Gasteiger partial charge in [-0.2, -0.15) is 0 Å². The second-order valence-electron chi connectivity index (χ2n) is 6.97. The number of hydrogen-bond donors (Lipinski definition) is 2. The number of anilines is 1. The van der Waals surface area contributed by atoms with E-state index in [0.717, 1.165) is 61.2 Å². The van der Waals surface area contributed by atoms with E-state index in [-0.39, 0.29) is 12.3 Å². The molecule has 0 fully saturated rings. The van der Waals surface area contributed by atoms with E-state index in [4.69, 9.17) is 4.74 Å². The molecule has 0 radical (unpaired) electrons. The van der Waals surface area contributed by atoms with Gasteiger partial charge in [0.2, 0.25) is 0 Å². The van der Waals surface area contributed by atoms with E-state index in [0.29, 0.717) is 6.01 Å². The molecular weight excluding hydrogens is 356 g/mol. The number of ether oxygens (including phenoxy) is 1. The van der Waals surface area contributed by atoms with Crippen LogP contribution in [0.4, 0.5) is 5.82 Å². The van der Waals surface area contributed by atoms with Crippen molar-refractivity contribution in [1.29, 1.82) is 0 Å². The molecular formula is C21H30N4O3. The summed E-state index contributed by atoms with van der Waals surface area (Å²) < 4.78 is 4.97. The van der Waals surface area contributed by atoms with Crippen molar-refractivity contribution in [1.82, 2.24) is 15.0 Å². The largest absolute Gasteiger partial charge is 0.481 e. The number of pyridine rings is 1. The maximum atomic E-state index is 11.2. The molecule has 2 aromatic rings. The Labute approximate surface area is 166 Å². The van der Waals surface area contributed by atoms with Crippen LogP contribution < -0.4 is 10.1 Å². The van der Waals surface area contributed by atoms with Crippen LogP contribution >= 0.6 is 0 Å². The number of methoxy groups -OCH3 is 1. The number of aromatic nitrogens is 3. The van der Waals surface area contributed by atoms with E-state index in [2.05, 4.69) is 32.4 Å². The maximum absolute atomic E-state index is 11.2. The molecule has 0 aliphatic carbocycles. The number of nitrogens with zero attached hydrogens (tertiary/aromatic N) is 3. The molecule has 0 aliphatic rings. The Morgan fingerprint density at radius 2 is 1.89 bits per heavy atom. The molecule has 2 aromatic heterocycles. The van der Waals surface area contributed by atoms with Crippen LogP contribution in [-0.2, 0) is 11.2 Å². The summed E-state index contributed by atoms with van der Waals surface area (Å²) in [5.41, 5.74) is 3.11. The highest BCUT2D eigenvalue weighted by molar-refractivity contribution is 5.68. The fourth-order valence-electron chi connectivity index (χ4n) is 3.25. The van der Waals surface area contributed by atoms with Gasteiger partial charge in [0.1, 0.15) is 5.82 Å². The predicted octanol–water partition coefficient (Wildman–Crippen LogP) is 3.98. The van der Waals surface area contributed by atoms with Crippen molar-refractivity contribution in [3.63, 3.8) is 0 Å². The molecule has 152 valence electrons. The van der Waals surface area contributed by atoms with Crippen LogP contribution in [0.15, 0.2) is 24.5 Å². The lowest BCUT2D eigenvalue weighted by Gasteiger charge is -2.14. The Balaban J connectivity index is 1.76. The first-order chi connectivity index (χ1) is 13.5. The van der Waals surface area contributed by atoms with Crippen LogP contribution in [0, 0.1) is 6.92 Å². The summed E-state index contributed by atoms with van der Waals surface area (Å²) >= 11 is 0. The van der Waals surface area contributed by atoms with E-state index in [1.807, 2.05) is 14.0 Å². The van der Waals surface area contributed by atoms with E-state index >= 15 is 0 Å². The molecule has 28 heavy (non-hydrogen) atoms. The molecule has 2 heterocycles. The van der Waals surface area contributed by atoms with Gasteiger partial charge in [0.25, 0.3) is 0 Å². The van der Waals surface area contributed by atoms with Gasteiger partial charge in [0.15, 0.2) is 0 Å². The third-order valence-electron chi connectivity index (χ3n) is 4.85. The Hall–Kier alpha value is -2.70. The van der Waals surface area contributed by atoms with E-state index in [9.17, 15) is 9.90 Å². The van der Waals surface area contributed by atoms with Crippen molar-refractivity contribution in [3.05, 3.63) is 41.3 Å². The van der Waals surface area contributed by atoms with E-state index in [1.54, 1.807) is 12.4 Å². The number of carbonyl (C=O) groups is 1. The van der Waals surface area contributed by atoms with Gasteiger partial charge in [-0.25, -0.2) is 15.0 Å². The third-order valence-corrected chi connectivity index (χ3v) is 4.85. The minimum atomic E-state index is -0.799. The lowest BCUT2D eigenvalue weighted by Crippen LogP contribution is -2.08. The summed E-state index contributed by atoms with van der Waals surface area (Å²) in [7, 11) is 3.40. The molecule has 7 heteroatoms. The Morgan fingerprint density at radius 1 is 1.18 bits per heavy atom. The zero-order valence-electron chi connectivity index (χ0n) is 16.9. The molecule has 0 aromatic carbocycles. The van der Waals surface area contributed by atoms with Gasteiger partial charge < -0.3 is 15.2 Å². The fourth-order valence-corrected chi connectivity index (χ4v) is 3.25. The van der Waals surface area contributed by atoms with Gasteiger partial charge in [0.05, 0.1) is 13.5 Å². The Morgan fingerprint density at radius 3 is 2.54 bits per heavy atom. The molecule has 7 nitrogen and oxygen atoms in total. The summed E-state index contributed by atoms with van der Waals surface area (Å²) in [6.07, 6.45) is 9.43. The van der Waals surface area contributed by atoms with Crippen molar-refractivity contribution in [2.24, 2.45) is 0 Å². The molecule has 2 N–H and O–H groups in total. The molecule has 0 aliphatic heterocycles. The van der Waals surface area contributed by atoms with Crippen LogP contribution in [0.2, 0.25) is 0 Å².